The first-order chi connectivity index (χ1) is 9.56. The second-order valence-corrected chi connectivity index (χ2v) is 4.41. The van der Waals surface area contributed by atoms with Crippen molar-refractivity contribution in [1.29, 1.82) is 0 Å². The molecule has 0 bridgehead atoms. The van der Waals surface area contributed by atoms with Gasteiger partial charge in [0, 0.05) is 7.05 Å². The summed E-state index contributed by atoms with van der Waals surface area (Å²) < 4.78 is 3.21. The number of aromatic carboxylic acids is 1. The number of hydrogen-bond acceptors (Lipinski definition) is 4. The number of nitrogens with zero attached hydrogens (tertiary/aromatic N) is 4. The molecule has 0 saturated carbocycles. The number of carboxylic acid groups (broad SMARTS) is 1. The number of imidazole rings is 1. The van der Waals surface area contributed by atoms with Gasteiger partial charge < -0.3 is 14.7 Å². The first kappa shape index (κ1) is 12.2. The lowest BCUT2D eigenvalue weighted by atomic mass is 10.2. The average Bonchev–Trinajstić information content (AvgIpc) is 2.94. The summed E-state index contributed by atoms with van der Waals surface area (Å²) in [4.78, 5) is 25.5. The zero-order chi connectivity index (χ0) is 14.3. The Labute approximate surface area is 112 Å². The predicted octanol–water partition coefficient (Wildman–Crippen LogP) is 0.205. The quantitative estimate of drug-likeness (QED) is 0.709. The van der Waals surface area contributed by atoms with Gasteiger partial charge in [0.05, 0.1) is 23.1 Å². The first-order valence-electron chi connectivity index (χ1n) is 5.85. The van der Waals surface area contributed by atoms with E-state index < -0.39 is 5.97 Å². The molecule has 20 heavy (non-hydrogen) atoms. The number of aromatic nitrogens is 5. The van der Waals surface area contributed by atoms with E-state index in [4.69, 9.17) is 5.11 Å². The molecule has 3 aromatic rings. The van der Waals surface area contributed by atoms with E-state index in [0.717, 1.165) is 0 Å². The number of benzene rings is 1. The number of aromatic amines is 1. The molecule has 0 spiro atoms. The van der Waals surface area contributed by atoms with Crippen LogP contribution in [0.4, 0.5) is 0 Å². The summed E-state index contributed by atoms with van der Waals surface area (Å²) in [6, 6.07) is 4.50. The molecule has 0 aliphatic carbocycles. The van der Waals surface area contributed by atoms with E-state index in [1.807, 2.05) is 0 Å². The molecule has 0 radical (unpaired) electrons. The second kappa shape index (κ2) is 4.34. The number of rotatable bonds is 3. The van der Waals surface area contributed by atoms with Crippen LogP contribution in [-0.2, 0) is 13.6 Å². The van der Waals surface area contributed by atoms with Crippen LogP contribution in [0.2, 0.25) is 0 Å². The third-order valence-corrected chi connectivity index (χ3v) is 3.13. The molecule has 2 N–H and O–H groups in total. The van der Waals surface area contributed by atoms with Crippen molar-refractivity contribution in [3.8, 4) is 0 Å². The number of aryl methyl sites for hydroxylation is 1. The third-order valence-electron chi connectivity index (χ3n) is 3.13. The smallest absolute Gasteiger partial charge is 0.335 e. The van der Waals surface area contributed by atoms with Crippen LogP contribution in [0.1, 0.15) is 16.2 Å². The molecule has 0 fully saturated rings. The van der Waals surface area contributed by atoms with E-state index in [1.165, 1.54) is 16.7 Å². The lowest BCUT2D eigenvalue weighted by molar-refractivity contribution is 0.0697. The summed E-state index contributed by atoms with van der Waals surface area (Å²) in [6.45, 7) is 0.266. The molecule has 0 saturated heterocycles. The first-order valence-corrected chi connectivity index (χ1v) is 5.85. The van der Waals surface area contributed by atoms with Gasteiger partial charge in [0.2, 0.25) is 0 Å². The molecule has 2 heterocycles. The Morgan fingerprint density at radius 3 is 2.90 bits per heavy atom. The number of hydrogen-bond donors (Lipinski definition) is 2. The Hall–Kier alpha value is -2.90. The van der Waals surface area contributed by atoms with E-state index in [9.17, 15) is 9.59 Å². The average molecular weight is 273 g/mol. The summed E-state index contributed by atoms with van der Waals surface area (Å²) >= 11 is 0. The van der Waals surface area contributed by atoms with E-state index in [0.29, 0.717) is 16.9 Å². The topological polar surface area (TPSA) is 106 Å². The highest BCUT2D eigenvalue weighted by Crippen LogP contribution is 2.13. The highest BCUT2D eigenvalue weighted by molar-refractivity contribution is 5.92. The van der Waals surface area contributed by atoms with E-state index in [-0.39, 0.29) is 17.8 Å². The van der Waals surface area contributed by atoms with Crippen molar-refractivity contribution in [1.82, 2.24) is 24.3 Å². The minimum atomic E-state index is -1.03. The van der Waals surface area contributed by atoms with Crippen LogP contribution < -0.4 is 5.69 Å². The van der Waals surface area contributed by atoms with Gasteiger partial charge in [-0.05, 0) is 18.2 Å². The minimum Gasteiger partial charge on any atom is -0.478 e. The fourth-order valence-corrected chi connectivity index (χ4v) is 2.05. The Bertz CT molecular complexity index is 857. The van der Waals surface area contributed by atoms with Gasteiger partial charge in [-0.2, -0.15) is 0 Å². The van der Waals surface area contributed by atoms with Crippen molar-refractivity contribution in [2.75, 3.05) is 0 Å². The summed E-state index contributed by atoms with van der Waals surface area (Å²) in [6.07, 6.45) is 1.55. The van der Waals surface area contributed by atoms with Gasteiger partial charge in [0.1, 0.15) is 6.33 Å². The zero-order valence-electron chi connectivity index (χ0n) is 10.6. The van der Waals surface area contributed by atoms with Crippen LogP contribution in [0.3, 0.4) is 0 Å². The Morgan fingerprint density at radius 1 is 1.45 bits per heavy atom. The molecule has 1 aromatic carbocycles. The van der Waals surface area contributed by atoms with Crippen molar-refractivity contribution in [3.05, 3.63) is 46.4 Å². The van der Waals surface area contributed by atoms with Crippen molar-refractivity contribution in [2.45, 2.75) is 6.54 Å². The molecular weight excluding hydrogens is 262 g/mol. The molecule has 102 valence electrons. The van der Waals surface area contributed by atoms with Crippen molar-refractivity contribution in [3.63, 3.8) is 0 Å². The summed E-state index contributed by atoms with van der Waals surface area (Å²) in [5.41, 5.74) is 0.926. The molecule has 0 amide bonds. The standard InChI is InChI=1S/C12H11N5O3/c1-16-6-13-15-10(16)5-17-9-3-2-7(11(18)19)4-8(9)14-12(17)20/h2-4,6H,5H2,1H3,(H,14,20)(H,18,19). The van der Waals surface area contributed by atoms with Crippen LogP contribution in [-0.4, -0.2) is 35.4 Å². The lowest BCUT2D eigenvalue weighted by Gasteiger charge is -2.03. The monoisotopic (exact) mass is 273 g/mol. The molecule has 0 aliphatic rings. The Morgan fingerprint density at radius 2 is 2.25 bits per heavy atom. The number of H-pyrrole nitrogens is 1. The van der Waals surface area contributed by atoms with Crippen LogP contribution in [0.25, 0.3) is 11.0 Å². The highest BCUT2D eigenvalue weighted by Gasteiger charge is 2.12. The largest absolute Gasteiger partial charge is 0.478 e. The maximum Gasteiger partial charge on any atom is 0.335 e. The number of nitrogens with one attached hydrogen (secondary N) is 1. The van der Waals surface area contributed by atoms with Gasteiger partial charge in [0.25, 0.3) is 0 Å². The van der Waals surface area contributed by atoms with Gasteiger partial charge in [-0.15, -0.1) is 10.2 Å². The zero-order valence-corrected chi connectivity index (χ0v) is 10.6. The molecule has 8 nitrogen and oxygen atoms in total. The molecule has 0 atom stereocenters. The van der Waals surface area contributed by atoms with Gasteiger partial charge in [-0.1, -0.05) is 0 Å². The van der Waals surface area contributed by atoms with Gasteiger partial charge in [0.15, 0.2) is 5.82 Å². The predicted molar refractivity (Wildman–Crippen MR) is 69.6 cm³/mol. The Kier molecular flexibility index (Phi) is 2.63. The lowest BCUT2D eigenvalue weighted by Crippen LogP contribution is -2.19. The number of carbonyl (C=O) groups is 1. The van der Waals surface area contributed by atoms with Crippen LogP contribution in [0.15, 0.2) is 29.3 Å². The van der Waals surface area contributed by atoms with E-state index in [1.54, 1.807) is 24.0 Å². The van der Waals surface area contributed by atoms with Crippen molar-refractivity contribution in [2.24, 2.45) is 7.05 Å². The van der Waals surface area contributed by atoms with Crippen LogP contribution in [0.5, 0.6) is 0 Å². The SMILES string of the molecule is Cn1cnnc1Cn1c(=O)[nH]c2cc(C(=O)O)ccc21. The number of fused-ring (bicyclic) bond motifs is 1. The molecular formula is C12H11N5O3. The molecule has 2 aromatic heterocycles. The normalized spacial score (nSPS) is 11.1. The highest BCUT2D eigenvalue weighted by atomic mass is 16.4. The molecule has 3 rings (SSSR count). The number of carboxylic acids is 1. The van der Waals surface area contributed by atoms with Crippen molar-refractivity contribution >= 4 is 17.0 Å². The second-order valence-electron chi connectivity index (χ2n) is 4.41. The molecule has 8 heteroatoms. The minimum absolute atomic E-state index is 0.129. The van der Waals surface area contributed by atoms with Crippen molar-refractivity contribution < 1.29 is 9.90 Å². The van der Waals surface area contributed by atoms with Crippen LogP contribution >= 0.6 is 0 Å². The fraction of sp³-hybridized carbons (Fsp3) is 0.167. The molecule has 0 aliphatic heterocycles. The van der Waals surface area contributed by atoms with Gasteiger partial charge in [-0.25, -0.2) is 9.59 Å². The summed E-state index contributed by atoms with van der Waals surface area (Å²) in [5, 5.41) is 16.6. The van der Waals surface area contributed by atoms with Gasteiger partial charge in [-0.3, -0.25) is 4.57 Å². The van der Waals surface area contributed by atoms with E-state index in [2.05, 4.69) is 15.2 Å². The van der Waals surface area contributed by atoms with E-state index >= 15 is 0 Å². The fourth-order valence-electron chi connectivity index (χ4n) is 2.05. The van der Waals surface area contributed by atoms with Crippen LogP contribution in [0, 0.1) is 0 Å². The molecule has 0 unspecified atom stereocenters. The summed E-state index contributed by atoms with van der Waals surface area (Å²) in [5.74, 6) is -0.399. The maximum atomic E-state index is 12.0. The Balaban J connectivity index is 2.12. The van der Waals surface area contributed by atoms with Gasteiger partial charge >= 0.3 is 11.7 Å². The third kappa shape index (κ3) is 1.87. The maximum absolute atomic E-state index is 12.0. The summed E-state index contributed by atoms with van der Waals surface area (Å²) in [7, 11) is 1.79.